The maximum absolute atomic E-state index is 11.6. The minimum Gasteiger partial charge on any atom is -0.469 e. The van der Waals surface area contributed by atoms with Crippen LogP contribution in [0, 0.1) is 0 Å². The molecular formula is C13H18N2O5S. The van der Waals surface area contributed by atoms with Crippen LogP contribution in [0.2, 0.25) is 0 Å². The fourth-order valence-electron chi connectivity index (χ4n) is 1.48. The second kappa shape index (κ2) is 7.63. The zero-order chi connectivity index (χ0) is 15.9. The molecule has 0 heterocycles. The summed E-state index contributed by atoms with van der Waals surface area (Å²) in [6.45, 7) is 0. The Morgan fingerprint density at radius 1 is 1.14 bits per heavy atom. The van der Waals surface area contributed by atoms with Crippen molar-refractivity contribution in [3.05, 3.63) is 24.3 Å². The maximum Gasteiger partial charge on any atom is 0.306 e. The number of carbonyl (C=O) groups excluding carboxylic acids is 2. The highest BCUT2D eigenvalue weighted by Crippen LogP contribution is 2.11. The molecule has 0 saturated carbocycles. The van der Waals surface area contributed by atoms with Crippen molar-refractivity contribution in [1.29, 1.82) is 0 Å². The predicted octanol–water partition coefficient (Wildman–Crippen LogP) is 0.575. The Morgan fingerprint density at radius 2 is 1.71 bits per heavy atom. The fourth-order valence-corrected chi connectivity index (χ4v) is 2.66. The van der Waals surface area contributed by atoms with Crippen molar-refractivity contribution in [2.24, 2.45) is 0 Å². The first-order chi connectivity index (χ1) is 9.82. The van der Waals surface area contributed by atoms with E-state index in [1.807, 2.05) is 0 Å². The molecule has 0 aromatic heterocycles. The molecule has 0 atom stereocenters. The third-order valence-corrected chi connectivity index (χ3v) is 4.33. The number of esters is 1. The van der Waals surface area contributed by atoms with Crippen molar-refractivity contribution < 1.29 is 22.7 Å². The number of benzene rings is 1. The summed E-state index contributed by atoms with van der Waals surface area (Å²) in [6.07, 6.45) is -0.383. The van der Waals surface area contributed by atoms with Gasteiger partial charge in [0.15, 0.2) is 9.84 Å². The first-order valence-electron chi connectivity index (χ1n) is 6.25. The summed E-state index contributed by atoms with van der Waals surface area (Å²) >= 11 is 0. The molecular weight excluding hydrogens is 296 g/mol. The van der Waals surface area contributed by atoms with Crippen molar-refractivity contribution in [2.75, 3.05) is 29.7 Å². The van der Waals surface area contributed by atoms with Crippen LogP contribution < -0.4 is 11.1 Å². The van der Waals surface area contributed by atoms with Crippen LogP contribution in [-0.4, -0.2) is 38.9 Å². The lowest BCUT2D eigenvalue weighted by Crippen LogP contribution is -2.20. The molecule has 8 heteroatoms. The van der Waals surface area contributed by atoms with Crippen LogP contribution in [0.25, 0.3) is 0 Å². The van der Waals surface area contributed by atoms with E-state index in [9.17, 15) is 18.0 Å². The fraction of sp³-hybridized carbons (Fsp3) is 0.385. The van der Waals surface area contributed by atoms with Gasteiger partial charge in [0.2, 0.25) is 5.91 Å². The molecule has 0 fully saturated rings. The van der Waals surface area contributed by atoms with Gasteiger partial charge in [-0.1, -0.05) is 0 Å². The molecule has 0 unspecified atom stereocenters. The number of methoxy groups -OCH3 is 1. The van der Waals surface area contributed by atoms with Gasteiger partial charge in [-0.15, -0.1) is 0 Å². The normalized spacial score (nSPS) is 10.9. The van der Waals surface area contributed by atoms with Crippen molar-refractivity contribution in [1.82, 2.24) is 0 Å². The topological polar surface area (TPSA) is 116 Å². The summed E-state index contributed by atoms with van der Waals surface area (Å²) in [6, 6.07) is 6.50. The van der Waals surface area contributed by atoms with Crippen LogP contribution in [0.3, 0.4) is 0 Å². The number of carbonyl (C=O) groups is 2. The molecule has 0 aliphatic carbocycles. The number of hydrogen-bond donors (Lipinski definition) is 2. The van der Waals surface area contributed by atoms with Gasteiger partial charge in [0.1, 0.15) is 0 Å². The van der Waals surface area contributed by atoms with Gasteiger partial charge >= 0.3 is 5.97 Å². The Kier molecular flexibility index (Phi) is 6.16. The largest absolute Gasteiger partial charge is 0.469 e. The van der Waals surface area contributed by atoms with Gasteiger partial charge in [-0.2, -0.15) is 0 Å². The SMILES string of the molecule is COC(=O)CCS(=O)(=O)CCC(=O)Nc1ccc(N)cc1. The van der Waals surface area contributed by atoms with Crippen LogP contribution in [0.5, 0.6) is 0 Å². The smallest absolute Gasteiger partial charge is 0.306 e. The second-order valence-electron chi connectivity index (χ2n) is 4.40. The van der Waals surface area contributed by atoms with Gasteiger partial charge in [-0.3, -0.25) is 9.59 Å². The lowest BCUT2D eigenvalue weighted by atomic mass is 10.3. The van der Waals surface area contributed by atoms with Gasteiger partial charge in [0, 0.05) is 17.8 Å². The minimum atomic E-state index is -3.46. The highest BCUT2D eigenvalue weighted by atomic mass is 32.2. The maximum atomic E-state index is 11.6. The monoisotopic (exact) mass is 314 g/mol. The molecule has 21 heavy (non-hydrogen) atoms. The summed E-state index contributed by atoms with van der Waals surface area (Å²) in [5, 5.41) is 2.57. The quantitative estimate of drug-likeness (QED) is 0.561. The number of amides is 1. The number of nitrogens with one attached hydrogen (secondary N) is 1. The van der Waals surface area contributed by atoms with E-state index in [-0.39, 0.29) is 24.3 Å². The Balaban J connectivity index is 2.41. The van der Waals surface area contributed by atoms with E-state index in [2.05, 4.69) is 10.1 Å². The predicted molar refractivity (Wildman–Crippen MR) is 79.4 cm³/mol. The highest BCUT2D eigenvalue weighted by Gasteiger charge is 2.16. The molecule has 0 aliphatic heterocycles. The van der Waals surface area contributed by atoms with Crippen molar-refractivity contribution in [3.63, 3.8) is 0 Å². The lowest BCUT2D eigenvalue weighted by molar-refractivity contribution is -0.140. The van der Waals surface area contributed by atoms with E-state index >= 15 is 0 Å². The van der Waals surface area contributed by atoms with E-state index in [0.29, 0.717) is 11.4 Å². The Labute approximate surface area is 123 Å². The van der Waals surface area contributed by atoms with Crippen molar-refractivity contribution in [2.45, 2.75) is 12.8 Å². The summed E-state index contributed by atoms with van der Waals surface area (Å²) in [4.78, 5) is 22.5. The van der Waals surface area contributed by atoms with Gasteiger partial charge < -0.3 is 15.8 Å². The Bertz CT molecular complexity index is 595. The van der Waals surface area contributed by atoms with Crippen LogP contribution in [0.1, 0.15) is 12.8 Å². The van der Waals surface area contributed by atoms with Crippen LogP contribution >= 0.6 is 0 Å². The molecule has 3 N–H and O–H groups in total. The molecule has 0 bridgehead atoms. The second-order valence-corrected chi connectivity index (χ2v) is 6.70. The molecule has 1 aromatic rings. The van der Waals surface area contributed by atoms with Crippen LogP contribution in [-0.2, 0) is 24.2 Å². The summed E-state index contributed by atoms with van der Waals surface area (Å²) in [7, 11) is -2.27. The zero-order valence-corrected chi connectivity index (χ0v) is 12.5. The summed E-state index contributed by atoms with van der Waals surface area (Å²) < 4.78 is 27.7. The van der Waals surface area contributed by atoms with E-state index < -0.39 is 21.7 Å². The molecule has 1 amide bonds. The first-order valence-corrected chi connectivity index (χ1v) is 8.07. The molecule has 0 radical (unpaired) electrons. The number of rotatable bonds is 7. The molecule has 1 rings (SSSR count). The average Bonchev–Trinajstić information content (AvgIpc) is 2.45. The summed E-state index contributed by atoms with van der Waals surface area (Å²) in [5.74, 6) is -1.65. The Morgan fingerprint density at radius 3 is 2.29 bits per heavy atom. The number of anilines is 2. The van der Waals surface area contributed by atoms with Crippen LogP contribution in [0.4, 0.5) is 11.4 Å². The number of nitrogens with two attached hydrogens (primary N) is 1. The molecule has 7 nitrogen and oxygen atoms in total. The minimum absolute atomic E-state index is 0.173. The molecule has 1 aromatic carbocycles. The van der Waals surface area contributed by atoms with Gasteiger partial charge in [-0.05, 0) is 24.3 Å². The first kappa shape index (κ1) is 17.0. The average molecular weight is 314 g/mol. The molecule has 116 valence electrons. The van der Waals surface area contributed by atoms with E-state index in [1.54, 1.807) is 24.3 Å². The number of ether oxygens (including phenoxy) is 1. The van der Waals surface area contributed by atoms with E-state index in [0.717, 1.165) is 0 Å². The molecule has 0 aliphatic rings. The number of hydrogen-bond acceptors (Lipinski definition) is 6. The highest BCUT2D eigenvalue weighted by molar-refractivity contribution is 7.91. The van der Waals surface area contributed by atoms with Crippen LogP contribution in [0.15, 0.2) is 24.3 Å². The third kappa shape index (κ3) is 6.75. The summed E-state index contributed by atoms with van der Waals surface area (Å²) in [5.41, 5.74) is 6.62. The lowest BCUT2D eigenvalue weighted by Gasteiger charge is -2.06. The van der Waals surface area contributed by atoms with E-state index in [1.165, 1.54) is 7.11 Å². The Hall–Kier alpha value is -2.09. The molecule has 0 spiro atoms. The standard InChI is InChI=1S/C13H18N2O5S/c1-20-13(17)7-9-21(18,19)8-6-12(16)15-11-4-2-10(14)3-5-11/h2-5H,6-9,14H2,1H3,(H,15,16). The number of nitrogen functional groups attached to an aromatic ring is 1. The van der Waals surface area contributed by atoms with Gasteiger partial charge in [-0.25, -0.2) is 8.42 Å². The molecule has 0 saturated heterocycles. The number of sulfone groups is 1. The van der Waals surface area contributed by atoms with Gasteiger partial charge in [0.05, 0.1) is 25.0 Å². The third-order valence-electron chi connectivity index (χ3n) is 2.68. The zero-order valence-electron chi connectivity index (χ0n) is 11.7. The van der Waals surface area contributed by atoms with Crippen molar-refractivity contribution in [3.8, 4) is 0 Å². The van der Waals surface area contributed by atoms with Crippen molar-refractivity contribution >= 4 is 33.1 Å². The van der Waals surface area contributed by atoms with E-state index in [4.69, 9.17) is 5.73 Å². The van der Waals surface area contributed by atoms with Gasteiger partial charge in [0.25, 0.3) is 0 Å².